The lowest BCUT2D eigenvalue weighted by atomic mass is 9.94. The number of methoxy groups -OCH3 is 1. The topological polar surface area (TPSA) is 131 Å². The molecule has 0 radical (unpaired) electrons. The van der Waals surface area contributed by atoms with Gasteiger partial charge in [-0.3, -0.25) is 0 Å². The smallest absolute Gasteiger partial charge is 0.221 e. The lowest BCUT2D eigenvalue weighted by Gasteiger charge is -2.18. The van der Waals surface area contributed by atoms with Crippen molar-refractivity contribution >= 4 is 23.5 Å². The first-order chi connectivity index (χ1) is 32.6. The van der Waals surface area contributed by atoms with E-state index in [9.17, 15) is 0 Å². The van der Waals surface area contributed by atoms with Crippen molar-refractivity contribution in [1.29, 1.82) is 0 Å². The number of anilines is 2. The quantitative estimate of drug-likeness (QED) is 0.0916. The molecule has 8 rings (SSSR count). The van der Waals surface area contributed by atoms with Gasteiger partial charge in [0.25, 0.3) is 0 Å². The molecule has 0 saturated carbocycles. The van der Waals surface area contributed by atoms with E-state index in [1.807, 2.05) is 109 Å². The summed E-state index contributed by atoms with van der Waals surface area (Å²) >= 11 is 6.12. The van der Waals surface area contributed by atoms with Crippen molar-refractivity contribution in [2.24, 2.45) is 0 Å². The third-order valence-corrected chi connectivity index (χ3v) is 11.6. The molecule has 342 valence electrons. The Morgan fingerprint density at radius 1 is 0.478 bits per heavy atom. The minimum atomic E-state index is 0.257. The number of unbranched alkanes of at least 4 members (excludes halogenated alkanes) is 2. The molecule has 8 aromatic rings. The van der Waals surface area contributed by atoms with Crippen LogP contribution in [0.3, 0.4) is 0 Å². The number of nitrogens with zero attached hydrogens (tertiary/aromatic N) is 4. The fraction of sp³-hybridized carbons (Fsp3) is 0.228. The number of aryl methyl sites for hydroxylation is 2. The molecule has 0 aliphatic carbocycles. The Morgan fingerprint density at radius 3 is 1.54 bits per heavy atom. The Kier molecular flexibility index (Phi) is 16.6. The molecule has 0 aliphatic heterocycles. The van der Waals surface area contributed by atoms with E-state index in [0.717, 1.165) is 134 Å². The molecule has 10 heteroatoms. The van der Waals surface area contributed by atoms with Crippen LogP contribution in [0, 0.1) is 13.8 Å². The second-order valence-corrected chi connectivity index (χ2v) is 16.9. The Labute approximate surface area is 400 Å². The van der Waals surface area contributed by atoms with Crippen molar-refractivity contribution in [2.45, 2.75) is 79.4 Å². The molecule has 0 atom stereocenters. The standard InChI is InChI=1S/C29H30ClN3O.C28H29N3O2/c1-4-5-14-25-26(22-11-7-6-8-12-22)32-29(31)33-27(25)23-15-19(2)28(20(3)16-23)34-18-21-10-9-13-24(30)17-21;1-3-4-13-25-26(30-28(29)31-27(25)22-11-8-12-24(18-22)32-2)21-14-16-23(17-15-21)33-19-20-9-6-5-7-10-20/h6-13,15-17H,4-5,14,18H2,1-3H3,(H2,31,32,33);5-12,14-18H,3-4,13,19H2,1-2H3,(H2,29,30,31). The van der Waals surface area contributed by atoms with Crippen LogP contribution in [0.15, 0.2) is 146 Å². The highest BCUT2D eigenvalue weighted by Gasteiger charge is 2.20. The van der Waals surface area contributed by atoms with Crippen molar-refractivity contribution in [3.05, 3.63) is 184 Å². The summed E-state index contributed by atoms with van der Waals surface area (Å²) in [7, 11) is 1.66. The number of hydrogen-bond donors (Lipinski definition) is 2. The first-order valence-corrected chi connectivity index (χ1v) is 23.3. The molecule has 6 aromatic carbocycles. The van der Waals surface area contributed by atoms with Crippen LogP contribution >= 0.6 is 11.6 Å². The maximum atomic E-state index is 6.20. The van der Waals surface area contributed by atoms with Crippen molar-refractivity contribution in [3.63, 3.8) is 0 Å². The highest BCUT2D eigenvalue weighted by Crippen LogP contribution is 2.37. The van der Waals surface area contributed by atoms with E-state index in [1.165, 1.54) is 0 Å². The zero-order valence-electron chi connectivity index (χ0n) is 39.1. The van der Waals surface area contributed by atoms with Gasteiger partial charge in [-0.05, 0) is 122 Å². The van der Waals surface area contributed by atoms with Crippen LogP contribution in [0.25, 0.3) is 45.0 Å². The van der Waals surface area contributed by atoms with E-state index in [0.29, 0.717) is 18.2 Å². The minimum Gasteiger partial charge on any atom is -0.497 e. The summed E-state index contributed by atoms with van der Waals surface area (Å²) in [5.74, 6) is 3.02. The first-order valence-electron chi connectivity index (χ1n) is 22.9. The van der Waals surface area contributed by atoms with Crippen molar-refractivity contribution in [3.8, 4) is 62.3 Å². The fourth-order valence-electron chi connectivity index (χ4n) is 8.05. The van der Waals surface area contributed by atoms with Gasteiger partial charge >= 0.3 is 0 Å². The zero-order valence-corrected chi connectivity index (χ0v) is 39.8. The molecule has 0 aliphatic rings. The summed E-state index contributed by atoms with van der Waals surface area (Å²) in [5, 5.41) is 0.708. The molecule has 2 heterocycles. The van der Waals surface area contributed by atoms with Gasteiger partial charge in [0, 0.05) is 38.4 Å². The predicted molar refractivity (Wildman–Crippen MR) is 274 cm³/mol. The average Bonchev–Trinajstić information content (AvgIpc) is 3.35. The van der Waals surface area contributed by atoms with E-state index >= 15 is 0 Å². The highest BCUT2D eigenvalue weighted by atomic mass is 35.5. The van der Waals surface area contributed by atoms with Gasteiger partial charge in [0.1, 0.15) is 30.5 Å². The maximum absolute atomic E-state index is 6.20. The van der Waals surface area contributed by atoms with E-state index in [-0.39, 0.29) is 11.9 Å². The van der Waals surface area contributed by atoms with E-state index < -0.39 is 0 Å². The van der Waals surface area contributed by atoms with Gasteiger partial charge < -0.3 is 25.7 Å². The number of rotatable bonds is 17. The van der Waals surface area contributed by atoms with Crippen molar-refractivity contribution in [1.82, 2.24) is 19.9 Å². The van der Waals surface area contributed by atoms with Crippen LogP contribution in [-0.2, 0) is 26.1 Å². The third-order valence-electron chi connectivity index (χ3n) is 11.4. The van der Waals surface area contributed by atoms with Gasteiger partial charge in [-0.1, -0.05) is 123 Å². The van der Waals surface area contributed by atoms with Gasteiger partial charge in [0.15, 0.2) is 0 Å². The number of nitrogens with two attached hydrogens (primary N) is 2. The predicted octanol–water partition coefficient (Wildman–Crippen LogP) is 13.9. The normalized spacial score (nSPS) is 10.8. The summed E-state index contributed by atoms with van der Waals surface area (Å²) in [6, 6.07) is 48.3. The molecule has 0 bridgehead atoms. The van der Waals surface area contributed by atoms with Gasteiger partial charge in [-0.2, -0.15) is 0 Å². The molecule has 0 saturated heterocycles. The monoisotopic (exact) mass is 910 g/mol. The van der Waals surface area contributed by atoms with Crippen LogP contribution in [0.2, 0.25) is 5.02 Å². The van der Waals surface area contributed by atoms with Gasteiger partial charge in [0.2, 0.25) is 11.9 Å². The maximum Gasteiger partial charge on any atom is 0.221 e. The molecule has 0 fully saturated rings. The lowest BCUT2D eigenvalue weighted by Crippen LogP contribution is -2.06. The largest absolute Gasteiger partial charge is 0.497 e. The highest BCUT2D eigenvalue weighted by molar-refractivity contribution is 6.30. The average molecular weight is 912 g/mol. The molecule has 0 amide bonds. The number of hydrogen-bond acceptors (Lipinski definition) is 9. The molecule has 9 nitrogen and oxygen atoms in total. The Morgan fingerprint density at radius 2 is 0.970 bits per heavy atom. The van der Waals surface area contributed by atoms with Crippen LogP contribution in [-0.4, -0.2) is 27.0 Å². The van der Waals surface area contributed by atoms with Crippen LogP contribution in [0.1, 0.15) is 72.9 Å². The summed E-state index contributed by atoms with van der Waals surface area (Å²) < 4.78 is 17.6. The van der Waals surface area contributed by atoms with E-state index in [1.54, 1.807) is 7.11 Å². The van der Waals surface area contributed by atoms with Gasteiger partial charge in [0.05, 0.1) is 29.9 Å². The summed E-state index contributed by atoms with van der Waals surface area (Å²) in [4.78, 5) is 18.6. The summed E-state index contributed by atoms with van der Waals surface area (Å²) in [6.07, 6.45) is 6.01. The number of ether oxygens (including phenoxy) is 3. The van der Waals surface area contributed by atoms with Crippen molar-refractivity contribution in [2.75, 3.05) is 18.6 Å². The van der Waals surface area contributed by atoms with Crippen LogP contribution < -0.4 is 25.7 Å². The lowest BCUT2D eigenvalue weighted by molar-refractivity contribution is 0.302. The van der Waals surface area contributed by atoms with Crippen molar-refractivity contribution < 1.29 is 14.2 Å². The molecule has 0 unspecified atom stereocenters. The molecule has 2 aromatic heterocycles. The second kappa shape index (κ2) is 23.3. The second-order valence-electron chi connectivity index (χ2n) is 16.5. The molecular formula is C57H59ClN6O3. The van der Waals surface area contributed by atoms with Gasteiger partial charge in [-0.25, -0.2) is 19.9 Å². The summed E-state index contributed by atoms with van der Waals surface area (Å²) in [5.41, 5.74) is 26.4. The third kappa shape index (κ3) is 12.6. The Bertz CT molecular complexity index is 2850. The fourth-order valence-corrected chi connectivity index (χ4v) is 8.26. The Balaban J connectivity index is 0.000000199. The molecular weight excluding hydrogens is 852 g/mol. The number of aromatic nitrogens is 4. The van der Waals surface area contributed by atoms with Crippen LogP contribution in [0.5, 0.6) is 17.2 Å². The first kappa shape index (κ1) is 47.7. The number of benzene rings is 6. The molecule has 67 heavy (non-hydrogen) atoms. The SMILES string of the molecule is CCCCc1c(-c2ccc(OCc3ccccc3)cc2)nc(N)nc1-c1cccc(OC)c1.CCCCc1c(-c2ccccc2)nc(N)nc1-c1cc(C)c(OCc2cccc(Cl)c2)c(C)c1. The van der Waals surface area contributed by atoms with Gasteiger partial charge in [-0.15, -0.1) is 0 Å². The Hall–Kier alpha value is -7.23. The van der Waals surface area contributed by atoms with E-state index in [2.05, 4.69) is 79.0 Å². The summed E-state index contributed by atoms with van der Waals surface area (Å²) in [6.45, 7) is 9.50. The zero-order chi connectivity index (χ0) is 47.1. The molecule has 0 spiro atoms. The minimum absolute atomic E-state index is 0.257. The molecule has 4 N–H and O–H groups in total. The number of halogens is 1. The van der Waals surface area contributed by atoms with E-state index in [4.69, 9.17) is 42.3 Å². The number of nitrogen functional groups attached to an aromatic ring is 2. The van der Waals surface area contributed by atoms with Crippen LogP contribution in [0.4, 0.5) is 11.9 Å².